The van der Waals surface area contributed by atoms with Crippen molar-refractivity contribution in [2.45, 2.75) is 19.4 Å². The van der Waals surface area contributed by atoms with Gasteiger partial charge in [-0.15, -0.1) is 0 Å². The van der Waals surface area contributed by atoms with Crippen molar-refractivity contribution in [2.24, 2.45) is 0 Å². The lowest BCUT2D eigenvalue weighted by Crippen LogP contribution is -2.54. The van der Waals surface area contributed by atoms with Crippen molar-refractivity contribution < 1.29 is 15.3 Å². The summed E-state index contributed by atoms with van der Waals surface area (Å²) in [6, 6.07) is 3.63. The fourth-order valence-corrected chi connectivity index (χ4v) is 1.22. The average molecular weight is 195 g/mol. The van der Waals surface area contributed by atoms with Gasteiger partial charge in [-0.1, -0.05) is 0 Å². The maximum absolute atomic E-state index is 10.9. The Morgan fingerprint density at radius 3 is 2.79 bits per heavy atom. The molecule has 0 aliphatic carbocycles. The maximum atomic E-state index is 10.9. The van der Waals surface area contributed by atoms with Crippen LogP contribution < -0.4 is 10.5 Å². The SMILES string of the molecule is COc1ccc(C([NH3+])CC(C)=O)cn1. The summed E-state index contributed by atoms with van der Waals surface area (Å²) >= 11 is 0. The van der Waals surface area contributed by atoms with E-state index in [0.717, 1.165) is 5.56 Å². The second kappa shape index (κ2) is 4.72. The van der Waals surface area contributed by atoms with E-state index in [1.165, 1.54) is 0 Å². The Kier molecular flexibility index (Phi) is 3.59. The molecule has 1 rings (SSSR count). The predicted molar refractivity (Wildman–Crippen MR) is 51.7 cm³/mol. The number of quaternary nitrogens is 1. The first kappa shape index (κ1) is 10.7. The van der Waals surface area contributed by atoms with E-state index in [0.29, 0.717) is 12.3 Å². The van der Waals surface area contributed by atoms with E-state index in [-0.39, 0.29) is 11.8 Å². The van der Waals surface area contributed by atoms with Gasteiger partial charge in [0.05, 0.1) is 13.5 Å². The highest BCUT2D eigenvalue weighted by Crippen LogP contribution is 2.14. The lowest BCUT2D eigenvalue weighted by atomic mass is 10.1. The number of hydrogen-bond donors (Lipinski definition) is 1. The van der Waals surface area contributed by atoms with Crippen LogP contribution >= 0.6 is 0 Å². The van der Waals surface area contributed by atoms with E-state index in [1.807, 2.05) is 6.07 Å². The molecule has 0 aliphatic heterocycles. The number of carbonyl (C=O) groups is 1. The topological polar surface area (TPSA) is 66.8 Å². The summed E-state index contributed by atoms with van der Waals surface area (Å²) in [5.41, 5.74) is 4.86. The van der Waals surface area contributed by atoms with E-state index in [4.69, 9.17) is 4.74 Å². The van der Waals surface area contributed by atoms with Crippen LogP contribution in [0.25, 0.3) is 0 Å². The average Bonchev–Trinajstić information content (AvgIpc) is 2.17. The number of ketones is 1. The molecule has 1 heterocycles. The molecule has 3 N–H and O–H groups in total. The monoisotopic (exact) mass is 195 g/mol. The zero-order chi connectivity index (χ0) is 10.6. The Bertz CT molecular complexity index is 308. The highest BCUT2D eigenvalue weighted by molar-refractivity contribution is 5.76. The number of aromatic nitrogens is 1. The van der Waals surface area contributed by atoms with Gasteiger partial charge in [-0.3, -0.25) is 4.79 Å². The van der Waals surface area contributed by atoms with E-state index < -0.39 is 0 Å². The maximum Gasteiger partial charge on any atom is 0.212 e. The molecule has 4 nitrogen and oxygen atoms in total. The third kappa shape index (κ3) is 2.81. The van der Waals surface area contributed by atoms with E-state index in [9.17, 15) is 4.79 Å². The number of methoxy groups -OCH3 is 1. The minimum atomic E-state index is -0.0223. The number of ether oxygens (including phenoxy) is 1. The fourth-order valence-electron chi connectivity index (χ4n) is 1.22. The molecular formula is C10H15N2O2+. The molecule has 0 aromatic carbocycles. The molecule has 14 heavy (non-hydrogen) atoms. The molecule has 0 amide bonds. The zero-order valence-corrected chi connectivity index (χ0v) is 8.49. The number of carbonyl (C=O) groups excluding carboxylic acids is 1. The van der Waals surface area contributed by atoms with Crippen molar-refractivity contribution in [3.05, 3.63) is 23.9 Å². The van der Waals surface area contributed by atoms with Crippen LogP contribution in [0.15, 0.2) is 18.3 Å². The van der Waals surface area contributed by atoms with Gasteiger partial charge in [0, 0.05) is 17.8 Å². The Morgan fingerprint density at radius 1 is 1.64 bits per heavy atom. The molecular weight excluding hydrogens is 180 g/mol. The zero-order valence-electron chi connectivity index (χ0n) is 8.49. The highest BCUT2D eigenvalue weighted by atomic mass is 16.5. The number of rotatable bonds is 4. The summed E-state index contributed by atoms with van der Waals surface area (Å²) in [5.74, 6) is 0.713. The third-order valence-electron chi connectivity index (χ3n) is 1.97. The van der Waals surface area contributed by atoms with Gasteiger partial charge in [0.25, 0.3) is 0 Å². The Balaban J connectivity index is 2.71. The summed E-state index contributed by atoms with van der Waals surface area (Å²) in [5, 5.41) is 0. The van der Waals surface area contributed by atoms with Crippen LogP contribution in [0.5, 0.6) is 5.88 Å². The van der Waals surface area contributed by atoms with Crippen molar-refractivity contribution in [1.29, 1.82) is 0 Å². The molecule has 4 heteroatoms. The first-order valence-electron chi connectivity index (χ1n) is 4.46. The molecule has 0 saturated heterocycles. The van der Waals surface area contributed by atoms with Crippen LogP contribution in [0.4, 0.5) is 0 Å². The molecule has 0 bridgehead atoms. The molecule has 1 unspecified atom stereocenters. The minimum Gasteiger partial charge on any atom is -0.481 e. The first-order chi connectivity index (χ1) is 6.63. The van der Waals surface area contributed by atoms with Crippen molar-refractivity contribution in [3.63, 3.8) is 0 Å². The number of hydrogen-bond acceptors (Lipinski definition) is 3. The second-order valence-corrected chi connectivity index (χ2v) is 3.24. The van der Waals surface area contributed by atoms with Crippen molar-refractivity contribution in [3.8, 4) is 5.88 Å². The summed E-state index contributed by atoms with van der Waals surface area (Å²) in [7, 11) is 1.57. The molecule has 76 valence electrons. The molecule has 1 aromatic rings. The van der Waals surface area contributed by atoms with Crippen molar-refractivity contribution >= 4 is 5.78 Å². The van der Waals surface area contributed by atoms with Crippen LogP contribution in [0.3, 0.4) is 0 Å². The van der Waals surface area contributed by atoms with Crippen LogP contribution in [0, 0.1) is 0 Å². The molecule has 1 aromatic heterocycles. The first-order valence-corrected chi connectivity index (χ1v) is 4.46. The Labute approximate surface area is 83.1 Å². The number of Topliss-reactive ketones (excluding diaryl/α,β-unsaturated/α-hetero) is 1. The van der Waals surface area contributed by atoms with Gasteiger partial charge in [0.2, 0.25) is 5.88 Å². The van der Waals surface area contributed by atoms with Gasteiger partial charge in [-0.25, -0.2) is 4.98 Å². The fraction of sp³-hybridized carbons (Fsp3) is 0.400. The van der Waals surface area contributed by atoms with E-state index >= 15 is 0 Å². The van der Waals surface area contributed by atoms with E-state index in [1.54, 1.807) is 26.3 Å². The van der Waals surface area contributed by atoms with Crippen LogP contribution in [-0.4, -0.2) is 17.9 Å². The molecule has 0 aliphatic rings. The van der Waals surface area contributed by atoms with Crippen LogP contribution in [0.1, 0.15) is 24.9 Å². The standard InChI is InChI=1S/C10H14N2O2/c1-7(13)5-9(11)8-3-4-10(14-2)12-6-8/h3-4,6,9H,5,11H2,1-2H3/p+1. The van der Waals surface area contributed by atoms with Gasteiger partial charge in [0.1, 0.15) is 11.8 Å². The number of pyridine rings is 1. The predicted octanol–water partition coefficient (Wildman–Crippen LogP) is 0.352. The molecule has 0 fully saturated rings. The number of nitrogens with zero attached hydrogens (tertiary/aromatic N) is 1. The van der Waals surface area contributed by atoms with E-state index in [2.05, 4.69) is 10.7 Å². The minimum absolute atomic E-state index is 0.0223. The van der Waals surface area contributed by atoms with Gasteiger partial charge in [-0.05, 0) is 13.0 Å². The largest absolute Gasteiger partial charge is 0.481 e. The molecule has 1 atom stereocenters. The van der Waals surface area contributed by atoms with Gasteiger partial charge in [-0.2, -0.15) is 0 Å². The summed E-state index contributed by atoms with van der Waals surface area (Å²) in [6.45, 7) is 1.56. The van der Waals surface area contributed by atoms with Crippen molar-refractivity contribution in [2.75, 3.05) is 7.11 Å². The van der Waals surface area contributed by atoms with Crippen molar-refractivity contribution in [1.82, 2.24) is 4.98 Å². The van der Waals surface area contributed by atoms with Gasteiger partial charge >= 0.3 is 0 Å². The molecule has 0 radical (unpaired) electrons. The second-order valence-electron chi connectivity index (χ2n) is 3.24. The van der Waals surface area contributed by atoms with Gasteiger partial charge in [0.15, 0.2) is 0 Å². The summed E-state index contributed by atoms with van der Waals surface area (Å²) < 4.78 is 4.93. The van der Waals surface area contributed by atoms with Gasteiger partial charge < -0.3 is 10.5 Å². The molecule has 0 spiro atoms. The summed E-state index contributed by atoms with van der Waals surface area (Å²) in [6.07, 6.45) is 2.15. The Morgan fingerprint density at radius 2 is 2.36 bits per heavy atom. The normalized spacial score (nSPS) is 12.2. The lowest BCUT2D eigenvalue weighted by molar-refractivity contribution is -0.425. The lowest BCUT2D eigenvalue weighted by Gasteiger charge is -2.06. The smallest absolute Gasteiger partial charge is 0.212 e. The van der Waals surface area contributed by atoms with Crippen LogP contribution in [-0.2, 0) is 4.79 Å². The highest BCUT2D eigenvalue weighted by Gasteiger charge is 2.12. The summed E-state index contributed by atoms with van der Waals surface area (Å²) in [4.78, 5) is 14.9. The van der Waals surface area contributed by atoms with Crippen LogP contribution in [0.2, 0.25) is 0 Å². The quantitative estimate of drug-likeness (QED) is 0.754. The Hall–Kier alpha value is -1.42. The third-order valence-corrected chi connectivity index (χ3v) is 1.97. The molecule has 0 saturated carbocycles.